The summed E-state index contributed by atoms with van der Waals surface area (Å²) in [5, 5.41) is 20.5. The summed E-state index contributed by atoms with van der Waals surface area (Å²) < 4.78 is 9.68. The molecule has 1 aromatic carbocycles. The Morgan fingerprint density at radius 2 is 2.16 bits per heavy atom. The number of nitro groups is 1. The summed E-state index contributed by atoms with van der Waals surface area (Å²) in [6.45, 7) is 2.41. The van der Waals surface area contributed by atoms with E-state index in [4.69, 9.17) is 4.74 Å². The SMILES string of the molecule is COC(=O)C(C)(O)COc1cccc([N+](=O)[O-])c1C. The fourth-order valence-electron chi connectivity index (χ4n) is 1.45. The number of aliphatic hydroxyl groups is 1. The number of rotatable bonds is 5. The number of nitro benzene ring substituents is 1. The Kier molecular flexibility index (Phi) is 4.44. The molecular formula is C12H15NO6. The van der Waals surface area contributed by atoms with Crippen molar-refractivity contribution in [3.05, 3.63) is 33.9 Å². The maximum absolute atomic E-state index is 11.3. The Bertz CT molecular complexity index is 497. The summed E-state index contributed by atoms with van der Waals surface area (Å²) in [5.74, 6) is -0.603. The van der Waals surface area contributed by atoms with Crippen molar-refractivity contribution in [1.29, 1.82) is 0 Å². The molecule has 0 heterocycles. The molecule has 0 saturated heterocycles. The molecule has 0 aliphatic rings. The summed E-state index contributed by atoms with van der Waals surface area (Å²) in [6.07, 6.45) is 0. The van der Waals surface area contributed by atoms with Crippen molar-refractivity contribution in [1.82, 2.24) is 0 Å². The lowest BCUT2D eigenvalue weighted by atomic mass is 10.1. The Balaban J connectivity index is 2.87. The van der Waals surface area contributed by atoms with E-state index in [1.165, 1.54) is 32.0 Å². The third-order valence-electron chi connectivity index (χ3n) is 2.59. The van der Waals surface area contributed by atoms with Gasteiger partial charge in [-0.3, -0.25) is 10.1 Å². The first-order chi connectivity index (χ1) is 8.79. The van der Waals surface area contributed by atoms with Gasteiger partial charge in [0.05, 0.1) is 17.6 Å². The zero-order valence-corrected chi connectivity index (χ0v) is 10.9. The van der Waals surface area contributed by atoms with Crippen LogP contribution in [0.25, 0.3) is 0 Å². The van der Waals surface area contributed by atoms with Gasteiger partial charge in [-0.1, -0.05) is 6.07 Å². The summed E-state index contributed by atoms with van der Waals surface area (Å²) in [7, 11) is 1.15. The smallest absolute Gasteiger partial charge is 0.341 e. The zero-order valence-electron chi connectivity index (χ0n) is 10.9. The van der Waals surface area contributed by atoms with E-state index >= 15 is 0 Å². The number of esters is 1. The minimum atomic E-state index is -1.81. The Hall–Kier alpha value is -2.15. The largest absolute Gasteiger partial charge is 0.489 e. The monoisotopic (exact) mass is 269 g/mol. The van der Waals surface area contributed by atoms with Crippen molar-refractivity contribution in [2.75, 3.05) is 13.7 Å². The van der Waals surface area contributed by atoms with Gasteiger partial charge >= 0.3 is 5.97 Å². The van der Waals surface area contributed by atoms with Crippen molar-refractivity contribution in [3.8, 4) is 5.75 Å². The third kappa shape index (κ3) is 3.41. The second kappa shape index (κ2) is 5.66. The van der Waals surface area contributed by atoms with E-state index in [1.54, 1.807) is 0 Å². The van der Waals surface area contributed by atoms with Crippen LogP contribution in [0.4, 0.5) is 5.69 Å². The van der Waals surface area contributed by atoms with Crippen molar-refractivity contribution >= 4 is 11.7 Å². The average Bonchev–Trinajstić information content (AvgIpc) is 2.36. The first-order valence-electron chi connectivity index (χ1n) is 5.47. The van der Waals surface area contributed by atoms with Crippen LogP contribution in [0.5, 0.6) is 5.75 Å². The van der Waals surface area contributed by atoms with E-state index in [2.05, 4.69) is 4.74 Å². The summed E-state index contributed by atoms with van der Waals surface area (Å²) in [5.41, 5.74) is -1.57. The summed E-state index contributed by atoms with van der Waals surface area (Å²) in [4.78, 5) is 21.5. The quantitative estimate of drug-likeness (QED) is 0.490. The van der Waals surface area contributed by atoms with Gasteiger partial charge in [-0.2, -0.15) is 0 Å². The number of carbonyl (C=O) groups excluding carboxylic acids is 1. The molecular weight excluding hydrogens is 254 g/mol. The van der Waals surface area contributed by atoms with Gasteiger partial charge < -0.3 is 14.6 Å². The number of ether oxygens (including phenoxy) is 2. The topological polar surface area (TPSA) is 98.9 Å². The van der Waals surface area contributed by atoms with E-state index in [-0.39, 0.29) is 18.0 Å². The van der Waals surface area contributed by atoms with E-state index in [9.17, 15) is 20.0 Å². The number of hydrogen-bond donors (Lipinski definition) is 1. The number of methoxy groups -OCH3 is 1. The summed E-state index contributed by atoms with van der Waals surface area (Å²) in [6, 6.07) is 4.34. The van der Waals surface area contributed by atoms with Crippen molar-refractivity contribution in [3.63, 3.8) is 0 Å². The molecule has 0 radical (unpaired) electrons. The highest BCUT2D eigenvalue weighted by atomic mass is 16.6. The second-order valence-electron chi connectivity index (χ2n) is 4.21. The Morgan fingerprint density at radius 3 is 2.68 bits per heavy atom. The minimum absolute atomic E-state index is 0.0878. The van der Waals surface area contributed by atoms with Gasteiger partial charge in [-0.25, -0.2) is 4.79 Å². The van der Waals surface area contributed by atoms with Gasteiger partial charge in [0.25, 0.3) is 5.69 Å². The molecule has 0 spiro atoms. The lowest BCUT2D eigenvalue weighted by Crippen LogP contribution is -2.42. The molecule has 1 aromatic rings. The van der Waals surface area contributed by atoms with E-state index in [1.807, 2.05) is 0 Å². The predicted molar refractivity (Wildman–Crippen MR) is 66.0 cm³/mol. The van der Waals surface area contributed by atoms with Crippen LogP contribution >= 0.6 is 0 Å². The molecule has 1 rings (SSSR count). The standard InChI is InChI=1S/C12H15NO6/c1-8-9(13(16)17)5-4-6-10(8)19-7-12(2,15)11(14)18-3/h4-6,15H,7H2,1-3H3. The first kappa shape index (κ1) is 14.9. The number of nitrogens with zero attached hydrogens (tertiary/aromatic N) is 1. The molecule has 0 fully saturated rings. The van der Waals surface area contributed by atoms with E-state index in [0.29, 0.717) is 5.56 Å². The maximum atomic E-state index is 11.3. The zero-order chi connectivity index (χ0) is 14.6. The average molecular weight is 269 g/mol. The molecule has 7 nitrogen and oxygen atoms in total. The van der Waals surface area contributed by atoms with E-state index in [0.717, 1.165) is 7.11 Å². The number of carbonyl (C=O) groups is 1. The highest BCUT2D eigenvalue weighted by molar-refractivity contribution is 5.78. The molecule has 0 aliphatic heterocycles. The van der Waals surface area contributed by atoms with Gasteiger partial charge in [0.15, 0.2) is 5.60 Å². The van der Waals surface area contributed by atoms with Gasteiger partial charge in [0.1, 0.15) is 12.4 Å². The fraction of sp³-hybridized carbons (Fsp3) is 0.417. The van der Waals surface area contributed by atoms with E-state index < -0.39 is 16.5 Å². The second-order valence-corrected chi connectivity index (χ2v) is 4.21. The number of hydrogen-bond acceptors (Lipinski definition) is 6. The normalized spacial score (nSPS) is 13.5. The maximum Gasteiger partial charge on any atom is 0.341 e. The van der Waals surface area contributed by atoms with Crippen molar-refractivity contribution in [2.24, 2.45) is 0 Å². The molecule has 0 bridgehead atoms. The molecule has 0 saturated carbocycles. The summed E-state index contributed by atoms with van der Waals surface area (Å²) >= 11 is 0. The molecule has 19 heavy (non-hydrogen) atoms. The predicted octanol–water partition coefficient (Wildman–Crippen LogP) is 1.21. The number of benzene rings is 1. The van der Waals surface area contributed by atoms with Gasteiger partial charge in [0.2, 0.25) is 0 Å². The van der Waals surface area contributed by atoms with Crippen LogP contribution in [0, 0.1) is 17.0 Å². The van der Waals surface area contributed by atoms with Crippen LogP contribution in [-0.4, -0.2) is 35.3 Å². The third-order valence-corrected chi connectivity index (χ3v) is 2.59. The van der Waals surface area contributed by atoms with Crippen LogP contribution in [-0.2, 0) is 9.53 Å². The lowest BCUT2D eigenvalue weighted by molar-refractivity contribution is -0.385. The first-order valence-corrected chi connectivity index (χ1v) is 5.47. The van der Waals surface area contributed by atoms with Gasteiger partial charge in [-0.05, 0) is 19.9 Å². The Labute approximate surface area is 109 Å². The van der Waals surface area contributed by atoms with Crippen LogP contribution in [0.15, 0.2) is 18.2 Å². The van der Waals surface area contributed by atoms with Gasteiger partial charge in [-0.15, -0.1) is 0 Å². The molecule has 0 amide bonds. The molecule has 104 valence electrons. The molecule has 1 N–H and O–H groups in total. The lowest BCUT2D eigenvalue weighted by Gasteiger charge is -2.20. The minimum Gasteiger partial charge on any atom is -0.489 e. The molecule has 7 heteroatoms. The van der Waals surface area contributed by atoms with Crippen molar-refractivity contribution in [2.45, 2.75) is 19.4 Å². The van der Waals surface area contributed by atoms with Crippen LogP contribution in [0.2, 0.25) is 0 Å². The Morgan fingerprint density at radius 1 is 1.53 bits per heavy atom. The van der Waals surface area contributed by atoms with Crippen LogP contribution < -0.4 is 4.74 Å². The van der Waals surface area contributed by atoms with Crippen molar-refractivity contribution < 1.29 is 24.3 Å². The molecule has 0 aliphatic carbocycles. The highest BCUT2D eigenvalue weighted by Crippen LogP contribution is 2.27. The molecule has 1 unspecified atom stereocenters. The van der Waals surface area contributed by atoms with Gasteiger partial charge in [0, 0.05) is 6.07 Å². The fourth-order valence-corrected chi connectivity index (χ4v) is 1.45. The highest BCUT2D eigenvalue weighted by Gasteiger charge is 2.33. The van der Waals surface area contributed by atoms with Crippen LogP contribution in [0.3, 0.4) is 0 Å². The molecule has 1 atom stereocenters. The molecule has 0 aromatic heterocycles. The van der Waals surface area contributed by atoms with Crippen LogP contribution in [0.1, 0.15) is 12.5 Å².